The van der Waals surface area contributed by atoms with Crippen molar-refractivity contribution in [2.24, 2.45) is 7.05 Å². The molecule has 0 saturated heterocycles. The van der Waals surface area contributed by atoms with E-state index in [4.69, 9.17) is 4.98 Å². The first-order valence-corrected chi connectivity index (χ1v) is 14.5. The molecular formula is C28H32F2N6O2S. The lowest BCUT2D eigenvalue weighted by Crippen LogP contribution is -2.36. The SMILES string of the molecule is CN(C)C1CCC(Nc2ncc3cc(-c4ccc(NS(=O)(=O)Cc5ccc(F)cc5)c(F)c4)n(C)c3n2)CC1. The predicted molar refractivity (Wildman–Crippen MR) is 150 cm³/mol. The van der Waals surface area contributed by atoms with Crippen LogP contribution in [-0.2, 0) is 22.8 Å². The zero-order valence-electron chi connectivity index (χ0n) is 22.2. The van der Waals surface area contributed by atoms with Gasteiger partial charge in [0.1, 0.15) is 17.3 Å². The third kappa shape index (κ3) is 6.20. The number of halogens is 2. The number of aryl methyl sites for hydroxylation is 1. The number of benzene rings is 2. The van der Waals surface area contributed by atoms with Crippen molar-refractivity contribution >= 4 is 32.7 Å². The van der Waals surface area contributed by atoms with Gasteiger partial charge < -0.3 is 14.8 Å². The fourth-order valence-corrected chi connectivity index (χ4v) is 6.34. The van der Waals surface area contributed by atoms with Crippen LogP contribution in [-0.4, -0.2) is 54.0 Å². The molecule has 11 heteroatoms. The summed E-state index contributed by atoms with van der Waals surface area (Å²) in [5.41, 5.74) is 2.25. The van der Waals surface area contributed by atoms with E-state index in [0.29, 0.717) is 34.8 Å². The Kier molecular flexibility index (Phi) is 7.55. The van der Waals surface area contributed by atoms with Crippen LogP contribution in [0.1, 0.15) is 31.2 Å². The number of fused-ring (bicyclic) bond motifs is 1. The third-order valence-electron chi connectivity index (χ3n) is 7.33. The second kappa shape index (κ2) is 10.9. The predicted octanol–water partition coefficient (Wildman–Crippen LogP) is 5.14. The first-order valence-electron chi connectivity index (χ1n) is 12.9. The van der Waals surface area contributed by atoms with Gasteiger partial charge in [0.25, 0.3) is 0 Å². The zero-order valence-corrected chi connectivity index (χ0v) is 23.0. The summed E-state index contributed by atoms with van der Waals surface area (Å²) in [5.74, 6) is -0.994. The van der Waals surface area contributed by atoms with Crippen LogP contribution in [0.4, 0.5) is 20.4 Å². The first-order chi connectivity index (χ1) is 18.6. The lowest BCUT2D eigenvalue weighted by molar-refractivity contribution is 0.221. The average molecular weight is 555 g/mol. The Morgan fingerprint density at radius 3 is 2.41 bits per heavy atom. The van der Waals surface area contributed by atoms with Gasteiger partial charge in [-0.2, -0.15) is 4.98 Å². The summed E-state index contributed by atoms with van der Waals surface area (Å²) in [7, 11) is 2.20. The Morgan fingerprint density at radius 1 is 1.03 bits per heavy atom. The van der Waals surface area contributed by atoms with Crippen molar-refractivity contribution in [2.75, 3.05) is 24.1 Å². The molecule has 1 aliphatic rings. The molecule has 0 unspecified atom stereocenters. The molecule has 1 fully saturated rings. The highest BCUT2D eigenvalue weighted by molar-refractivity contribution is 7.91. The minimum Gasteiger partial charge on any atom is -0.351 e. The average Bonchev–Trinajstić information content (AvgIpc) is 3.22. The molecule has 2 heterocycles. The number of hydrogen-bond donors (Lipinski definition) is 2. The van der Waals surface area contributed by atoms with Gasteiger partial charge in [0, 0.05) is 36.3 Å². The molecule has 1 aliphatic carbocycles. The van der Waals surface area contributed by atoms with E-state index in [9.17, 15) is 12.8 Å². The van der Waals surface area contributed by atoms with E-state index in [2.05, 4.69) is 34.0 Å². The summed E-state index contributed by atoms with van der Waals surface area (Å²) in [6.07, 6.45) is 6.13. The molecule has 206 valence electrons. The van der Waals surface area contributed by atoms with Gasteiger partial charge >= 0.3 is 0 Å². The lowest BCUT2D eigenvalue weighted by atomic mass is 9.91. The smallest absolute Gasteiger partial charge is 0.237 e. The summed E-state index contributed by atoms with van der Waals surface area (Å²) in [4.78, 5) is 11.5. The van der Waals surface area contributed by atoms with Crippen LogP contribution in [0.3, 0.4) is 0 Å². The molecular weight excluding hydrogens is 522 g/mol. The molecule has 8 nitrogen and oxygen atoms in total. The van der Waals surface area contributed by atoms with Crippen molar-refractivity contribution in [1.29, 1.82) is 0 Å². The summed E-state index contributed by atoms with van der Waals surface area (Å²) in [6.45, 7) is 0. The monoisotopic (exact) mass is 554 g/mol. The van der Waals surface area contributed by atoms with Crippen LogP contribution in [0.15, 0.2) is 54.7 Å². The van der Waals surface area contributed by atoms with Crippen molar-refractivity contribution in [3.05, 3.63) is 71.9 Å². The quantitative estimate of drug-likeness (QED) is 0.313. The number of nitrogens with zero attached hydrogens (tertiary/aromatic N) is 4. The summed E-state index contributed by atoms with van der Waals surface area (Å²) in [6, 6.07) is 12.3. The normalized spacial score (nSPS) is 18.0. The van der Waals surface area contributed by atoms with Crippen molar-refractivity contribution < 1.29 is 17.2 Å². The Morgan fingerprint density at radius 2 is 1.74 bits per heavy atom. The zero-order chi connectivity index (χ0) is 27.7. The maximum Gasteiger partial charge on any atom is 0.237 e. The van der Waals surface area contributed by atoms with E-state index in [-0.39, 0.29) is 5.69 Å². The van der Waals surface area contributed by atoms with Crippen molar-refractivity contribution in [2.45, 2.75) is 43.5 Å². The molecule has 1 saturated carbocycles. The topological polar surface area (TPSA) is 92.1 Å². The molecule has 2 aromatic heterocycles. The van der Waals surface area contributed by atoms with Crippen molar-refractivity contribution in [3.63, 3.8) is 0 Å². The number of sulfonamides is 1. The molecule has 0 amide bonds. The van der Waals surface area contributed by atoms with E-state index < -0.39 is 27.4 Å². The van der Waals surface area contributed by atoms with E-state index in [1.54, 1.807) is 12.3 Å². The van der Waals surface area contributed by atoms with Gasteiger partial charge in [-0.3, -0.25) is 4.72 Å². The molecule has 0 radical (unpaired) electrons. The van der Waals surface area contributed by atoms with Gasteiger partial charge in [-0.05, 0) is 75.7 Å². The molecule has 2 N–H and O–H groups in total. The van der Waals surface area contributed by atoms with E-state index >= 15 is 4.39 Å². The molecule has 0 atom stereocenters. The Hall–Kier alpha value is -3.57. The van der Waals surface area contributed by atoms with Crippen LogP contribution in [0.5, 0.6) is 0 Å². The number of nitrogens with one attached hydrogen (secondary N) is 2. The highest BCUT2D eigenvalue weighted by Crippen LogP contribution is 2.30. The van der Waals surface area contributed by atoms with Gasteiger partial charge in [0.2, 0.25) is 16.0 Å². The van der Waals surface area contributed by atoms with Crippen LogP contribution in [0, 0.1) is 11.6 Å². The lowest BCUT2D eigenvalue weighted by Gasteiger charge is -2.32. The molecule has 5 rings (SSSR count). The fourth-order valence-electron chi connectivity index (χ4n) is 5.14. The summed E-state index contributed by atoms with van der Waals surface area (Å²) >= 11 is 0. The molecule has 0 aliphatic heterocycles. The van der Waals surface area contributed by atoms with Crippen LogP contribution >= 0.6 is 0 Å². The van der Waals surface area contributed by atoms with Gasteiger partial charge in [0.15, 0.2) is 0 Å². The largest absolute Gasteiger partial charge is 0.351 e. The molecule has 2 aromatic carbocycles. The van der Waals surface area contributed by atoms with Crippen LogP contribution in [0.2, 0.25) is 0 Å². The standard InChI is InChI=1S/C28H32F2N6O2S/c1-35(2)23-11-9-22(10-12-23)32-28-31-16-20-15-26(36(3)27(20)33-28)19-6-13-25(24(30)14-19)34-39(37,38)17-18-4-7-21(29)8-5-18/h4-8,13-16,22-23,34H,9-12,17H2,1-3H3,(H,31,32,33). The Balaban J connectivity index is 1.31. The molecule has 0 spiro atoms. The minimum atomic E-state index is -3.90. The molecule has 0 bridgehead atoms. The van der Waals surface area contributed by atoms with E-state index in [1.165, 1.54) is 36.4 Å². The molecule has 39 heavy (non-hydrogen) atoms. The van der Waals surface area contributed by atoms with Crippen LogP contribution < -0.4 is 10.0 Å². The third-order valence-corrected chi connectivity index (χ3v) is 8.57. The maximum atomic E-state index is 15.0. The number of rotatable bonds is 8. The number of aromatic nitrogens is 3. The minimum absolute atomic E-state index is 0.158. The van der Waals surface area contributed by atoms with Crippen LogP contribution in [0.25, 0.3) is 22.3 Å². The second-order valence-electron chi connectivity index (χ2n) is 10.4. The Labute approximate surface area is 227 Å². The number of anilines is 2. The maximum absolute atomic E-state index is 15.0. The summed E-state index contributed by atoms with van der Waals surface area (Å²) < 4.78 is 57.4. The summed E-state index contributed by atoms with van der Waals surface area (Å²) in [5, 5.41) is 4.29. The van der Waals surface area contributed by atoms with E-state index in [1.807, 2.05) is 17.7 Å². The van der Waals surface area contributed by atoms with Gasteiger partial charge in [0.05, 0.1) is 17.1 Å². The highest BCUT2D eigenvalue weighted by Gasteiger charge is 2.23. The van der Waals surface area contributed by atoms with Crippen molar-refractivity contribution in [3.8, 4) is 11.3 Å². The first kappa shape index (κ1) is 27.0. The fraction of sp³-hybridized carbons (Fsp3) is 0.357. The van der Waals surface area contributed by atoms with Crippen molar-refractivity contribution in [1.82, 2.24) is 19.4 Å². The van der Waals surface area contributed by atoms with E-state index in [0.717, 1.165) is 36.8 Å². The number of hydrogen-bond acceptors (Lipinski definition) is 6. The van der Waals surface area contributed by atoms with Gasteiger partial charge in [-0.1, -0.05) is 18.2 Å². The van der Waals surface area contributed by atoms with Gasteiger partial charge in [-0.25, -0.2) is 22.2 Å². The Bertz CT molecular complexity index is 1580. The second-order valence-corrected chi connectivity index (χ2v) is 12.1. The molecule has 4 aromatic rings. The highest BCUT2D eigenvalue weighted by atomic mass is 32.2. The van der Waals surface area contributed by atoms with Gasteiger partial charge in [-0.15, -0.1) is 0 Å².